The molecular weight excluding hydrogens is 345 g/mol. The Balaban J connectivity index is 1.67. The molecule has 0 aliphatic carbocycles. The third kappa shape index (κ3) is 3.96. The van der Waals surface area contributed by atoms with E-state index in [-0.39, 0.29) is 18.6 Å². The van der Waals surface area contributed by atoms with Crippen LogP contribution in [0.1, 0.15) is 11.4 Å². The van der Waals surface area contributed by atoms with Gasteiger partial charge in [0.2, 0.25) is 5.82 Å². The summed E-state index contributed by atoms with van der Waals surface area (Å²) in [4.78, 5) is 15.6. The van der Waals surface area contributed by atoms with Crippen molar-refractivity contribution in [3.05, 3.63) is 59.9 Å². The Labute approximate surface area is 147 Å². The summed E-state index contributed by atoms with van der Waals surface area (Å²) in [5.74, 6) is -0.973. The Kier molecular flexibility index (Phi) is 4.83. The molecule has 2 amide bonds. The number of hydrogen-bond acceptors (Lipinski definition) is 2. The van der Waals surface area contributed by atoms with E-state index >= 15 is 0 Å². The highest BCUT2D eigenvalue weighted by Gasteiger charge is 2.37. The van der Waals surface area contributed by atoms with Crippen molar-refractivity contribution in [2.24, 2.45) is 0 Å². The Morgan fingerprint density at radius 2 is 1.81 bits per heavy atom. The summed E-state index contributed by atoms with van der Waals surface area (Å²) in [7, 11) is 0. The summed E-state index contributed by atoms with van der Waals surface area (Å²) in [6.45, 7) is 1.91. The van der Waals surface area contributed by atoms with E-state index in [1.165, 1.54) is 6.07 Å². The number of imidazole rings is 1. The van der Waals surface area contributed by atoms with E-state index in [0.717, 1.165) is 10.1 Å². The SMILES string of the molecule is Cc1ccc(NC(=O)NCCn2c(C(F)(F)F)nc3ccccc32)cc1. The molecule has 1 aromatic heterocycles. The number of fused-ring (bicyclic) bond motifs is 1. The molecule has 2 aromatic carbocycles. The van der Waals surface area contributed by atoms with Crippen molar-refractivity contribution in [2.75, 3.05) is 11.9 Å². The second-order valence-electron chi connectivity index (χ2n) is 5.82. The molecule has 3 rings (SSSR count). The molecule has 2 N–H and O–H groups in total. The fourth-order valence-electron chi connectivity index (χ4n) is 2.61. The van der Waals surface area contributed by atoms with Crippen molar-refractivity contribution in [3.8, 4) is 0 Å². The number of carbonyl (C=O) groups excluding carboxylic acids is 1. The quantitative estimate of drug-likeness (QED) is 0.731. The van der Waals surface area contributed by atoms with Gasteiger partial charge < -0.3 is 15.2 Å². The van der Waals surface area contributed by atoms with Gasteiger partial charge in [0.1, 0.15) is 0 Å². The maximum absolute atomic E-state index is 13.2. The second kappa shape index (κ2) is 7.07. The molecule has 8 heteroatoms. The van der Waals surface area contributed by atoms with Crippen LogP contribution in [0.3, 0.4) is 0 Å². The molecule has 26 heavy (non-hydrogen) atoms. The minimum Gasteiger partial charge on any atom is -0.336 e. The number of benzene rings is 2. The number of amides is 2. The molecule has 0 saturated carbocycles. The highest BCUT2D eigenvalue weighted by Crippen LogP contribution is 2.31. The number of halogens is 3. The highest BCUT2D eigenvalue weighted by molar-refractivity contribution is 5.89. The molecule has 0 spiro atoms. The maximum Gasteiger partial charge on any atom is 0.449 e. The van der Waals surface area contributed by atoms with Crippen LogP contribution in [0.15, 0.2) is 48.5 Å². The predicted octanol–water partition coefficient (Wildman–Crippen LogP) is 4.19. The number of urea groups is 1. The van der Waals surface area contributed by atoms with Crippen molar-refractivity contribution in [1.82, 2.24) is 14.9 Å². The maximum atomic E-state index is 13.2. The van der Waals surface area contributed by atoms with Crippen LogP contribution >= 0.6 is 0 Å². The highest BCUT2D eigenvalue weighted by atomic mass is 19.4. The smallest absolute Gasteiger partial charge is 0.336 e. The van der Waals surface area contributed by atoms with Crippen molar-refractivity contribution >= 4 is 22.8 Å². The Hall–Kier alpha value is -3.03. The molecule has 0 atom stereocenters. The largest absolute Gasteiger partial charge is 0.449 e. The van der Waals surface area contributed by atoms with E-state index in [9.17, 15) is 18.0 Å². The minimum absolute atomic E-state index is 0.0289. The van der Waals surface area contributed by atoms with Gasteiger partial charge in [0.25, 0.3) is 0 Å². The fourth-order valence-corrected chi connectivity index (χ4v) is 2.61. The van der Waals surface area contributed by atoms with E-state index in [1.807, 2.05) is 19.1 Å². The molecule has 0 saturated heterocycles. The number of para-hydroxylation sites is 2. The van der Waals surface area contributed by atoms with Crippen LogP contribution in [0.4, 0.5) is 23.7 Å². The fraction of sp³-hybridized carbons (Fsp3) is 0.222. The first-order valence-electron chi connectivity index (χ1n) is 7.98. The molecule has 0 unspecified atom stereocenters. The summed E-state index contributed by atoms with van der Waals surface area (Å²) in [6, 6.07) is 13.1. The number of aromatic nitrogens is 2. The van der Waals surface area contributed by atoms with Crippen LogP contribution in [0.2, 0.25) is 0 Å². The standard InChI is InChI=1S/C18H17F3N4O/c1-12-6-8-13(9-7-12)23-17(26)22-10-11-25-15-5-3-2-4-14(15)24-16(25)18(19,20)21/h2-9H,10-11H2,1H3,(H2,22,23,26). The number of alkyl halides is 3. The van der Waals surface area contributed by atoms with Crippen molar-refractivity contribution < 1.29 is 18.0 Å². The summed E-state index contributed by atoms with van der Waals surface area (Å²) >= 11 is 0. The van der Waals surface area contributed by atoms with Gasteiger partial charge in [0, 0.05) is 18.8 Å². The van der Waals surface area contributed by atoms with Crippen LogP contribution < -0.4 is 10.6 Å². The predicted molar refractivity (Wildman–Crippen MR) is 92.9 cm³/mol. The van der Waals surface area contributed by atoms with Crippen LogP contribution in [0.25, 0.3) is 11.0 Å². The van der Waals surface area contributed by atoms with Gasteiger partial charge in [-0.25, -0.2) is 9.78 Å². The molecule has 3 aromatic rings. The molecule has 1 heterocycles. The number of anilines is 1. The molecule has 0 radical (unpaired) electrons. The zero-order chi connectivity index (χ0) is 18.7. The number of nitrogens with zero attached hydrogens (tertiary/aromatic N) is 2. The van der Waals surface area contributed by atoms with Crippen molar-refractivity contribution in [2.45, 2.75) is 19.6 Å². The van der Waals surface area contributed by atoms with Gasteiger partial charge in [0.15, 0.2) is 0 Å². The molecule has 5 nitrogen and oxygen atoms in total. The van der Waals surface area contributed by atoms with E-state index < -0.39 is 18.0 Å². The zero-order valence-corrected chi connectivity index (χ0v) is 14.0. The summed E-state index contributed by atoms with van der Waals surface area (Å²) in [5.41, 5.74) is 2.31. The topological polar surface area (TPSA) is 59.0 Å². The summed E-state index contributed by atoms with van der Waals surface area (Å²) in [5, 5.41) is 5.20. The number of nitrogens with one attached hydrogen (secondary N) is 2. The first-order valence-corrected chi connectivity index (χ1v) is 7.98. The van der Waals surface area contributed by atoms with Gasteiger partial charge in [0.05, 0.1) is 11.0 Å². The average Bonchev–Trinajstić information content (AvgIpc) is 2.96. The summed E-state index contributed by atoms with van der Waals surface area (Å²) < 4.78 is 40.7. The number of rotatable bonds is 4. The normalized spacial score (nSPS) is 11.5. The van der Waals surface area contributed by atoms with Crippen LogP contribution in [-0.2, 0) is 12.7 Å². The van der Waals surface area contributed by atoms with Gasteiger partial charge in [-0.3, -0.25) is 0 Å². The number of hydrogen-bond donors (Lipinski definition) is 2. The zero-order valence-electron chi connectivity index (χ0n) is 14.0. The van der Waals surface area contributed by atoms with E-state index in [4.69, 9.17) is 0 Å². The lowest BCUT2D eigenvalue weighted by molar-refractivity contribution is -0.146. The van der Waals surface area contributed by atoms with Gasteiger partial charge in [-0.15, -0.1) is 0 Å². The van der Waals surface area contributed by atoms with Crippen LogP contribution in [0, 0.1) is 6.92 Å². The lowest BCUT2D eigenvalue weighted by Gasteiger charge is -2.12. The Morgan fingerprint density at radius 3 is 2.50 bits per heavy atom. The third-order valence-corrected chi connectivity index (χ3v) is 3.84. The second-order valence-corrected chi connectivity index (χ2v) is 5.82. The Bertz CT molecular complexity index is 916. The summed E-state index contributed by atoms with van der Waals surface area (Å²) in [6.07, 6.45) is -4.57. The monoisotopic (exact) mass is 362 g/mol. The molecule has 0 fully saturated rings. The van der Waals surface area contributed by atoms with Gasteiger partial charge >= 0.3 is 12.2 Å². The lowest BCUT2D eigenvalue weighted by Crippen LogP contribution is -2.32. The molecule has 0 aliphatic heterocycles. The van der Waals surface area contributed by atoms with Crippen LogP contribution in [0.5, 0.6) is 0 Å². The van der Waals surface area contributed by atoms with Crippen molar-refractivity contribution in [1.29, 1.82) is 0 Å². The van der Waals surface area contributed by atoms with Gasteiger partial charge in [-0.1, -0.05) is 29.8 Å². The number of aryl methyl sites for hydroxylation is 1. The van der Waals surface area contributed by atoms with Gasteiger partial charge in [-0.05, 0) is 31.2 Å². The van der Waals surface area contributed by atoms with Gasteiger partial charge in [-0.2, -0.15) is 13.2 Å². The van der Waals surface area contributed by atoms with E-state index in [0.29, 0.717) is 11.2 Å². The average molecular weight is 362 g/mol. The molecule has 0 aliphatic rings. The number of carbonyl (C=O) groups is 1. The van der Waals surface area contributed by atoms with E-state index in [2.05, 4.69) is 15.6 Å². The molecular formula is C18H17F3N4O. The third-order valence-electron chi connectivity index (χ3n) is 3.84. The van der Waals surface area contributed by atoms with Crippen molar-refractivity contribution in [3.63, 3.8) is 0 Å². The minimum atomic E-state index is -4.57. The lowest BCUT2D eigenvalue weighted by atomic mass is 10.2. The molecule has 136 valence electrons. The van der Waals surface area contributed by atoms with E-state index in [1.54, 1.807) is 30.3 Å². The first kappa shape index (κ1) is 17.8. The first-order chi connectivity index (χ1) is 12.3. The Morgan fingerprint density at radius 1 is 1.12 bits per heavy atom. The molecule has 0 bridgehead atoms. The van der Waals surface area contributed by atoms with Crippen LogP contribution in [-0.4, -0.2) is 22.1 Å².